The van der Waals surface area contributed by atoms with Crippen LogP contribution in [0.5, 0.6) is 11.5 Å². The summed E-state index contributed by atoms with van der Waals surface area (Å²) in [5.41, 5.74) is 6.14. The van der Waals surface area contributed by atoms with Gasteiger partial charge in [0.15, 0.2) is 18.1 Å². The van der Waals surface area contributed by atoms with E-state index in [-0.39, 0.29) is 34.5 Å². The Labute approximate surface area is 144 Å². The first-order valence-electron chi connectivity index (χ1n) is 6.50. The third-order valence-electron chi connectivity index (χ3n) is 2.59. The van der Waals surface area contributed by atoms with E-state index in [2.05, 4.69) is 0 Å². The van der Waals surface area contributed by atoms with Gasteiger partial charge in [-0.25, -0.2) is 4.79 Å². The Morgan fingerprint density at radius 3 is 2.74 bits per heavy atom. The van der Waals surface area contributed by atoms with Gasteiger partial charge in [-0.2, -0.15) is 5.26 Å². The van der Waals surface area contributed by atoms with Gasteiger partial charge in [0.25, 0.3) is 0 Å². The highest BCUT2D eigenvalue weighted by atomic mass is 35.5. The van der Waals surface area contributed by atoms with Crippen molar-refractivity contribution >= 4 is 40.9 Å². The number of nitrogens with zero attached hydrogens (tertiary/aromatic N) is 1. The van der Waals surface area contributed by atoms with Crippen molar-refractivity contribution < 1.29 is 19.0 Å². The summed E-state index contributed by atoms with van der Waals surface area (Å²) in [6.45, 7) is 1.66. The predicted molar refractivity (Wildman–Crippen MR) is 90.5 cm³/mol. The number of thiocarbonyl (C=S) groups is 1. The summed E-state index contributed by atoms with van der Waals surface area (Å²) < 4.78 is 15.3. The van der Waals surface area contributed by atoms with Gasteiger partial charge in [0.05, 0.1) is 24.3 Å². The van der Waals surface area contributed by atoms with Crippen molar-refractivity contribution in [2.24, 2.45) is 5.73 Å². The minimum Gasteiger partial charge on any atom is -0.493 e. The van der Waals surface area contributed by atoms with Crippen LogP contribution in [0.1, 0.15) is 12.5 Å². The zero-order valence-electron chi connectivity index (χ0n) is 12.6. The summed E-state index contributed by atoms with van der Waals surface area (Å²) in [7, 11) is 1.43. The van der Waals surface area contributed by atoms with Gasteiger partial charge in [-0.05, 0) is 30.7 Å². The second-order valence-electron chi connectivity index (χ2n) is 4.16. The Balaban J connectivity index is 3.11. The topological polar surface area (TPSA) is 94.6 Å². The fraction of sp³-hybridized carbons (Fsp3) is 0.267. The summed E-state index contributed by atoms with van der Waals surface area (Å²) in [6.07, 6.45) is 1.48. The zero-order valence-corrected chi connectivity index (χ0v) is 14.2. The number of halogens is 1. The number of carbonyl (C=O) groups excluding carboxylic acids is 1. The number of hydrogen-bond acceptors (Lipinski definition) is 6. The summed E-state index contributed by atoms with van der Waals surface area (Å²) in [6, 6.07) is 5.02. The monoisotopic (exact) mass is 354 g/mol. The minimum atomic E-state index is -0.519. The number of carbonyl (C=O) groups is 1. The van der Waals surface area contributed by atoms with Gasteiger partial charge in [0.1, 0.15) is 11.1 Å². The normalized spacial score (nSPS) is 10.6. The summed E-state index contributed by atoms with van der Waals surface area (Å²) >= 11 is 10.9. The van der Waals surface area contributed by atoms with Gasteiger partial charge < -0.3 is 19.9 Å². The van der Waals surface area contributed by atoms with Crippen molar-refractivity contribution in [2.75, 3.05) is 20.3 Å². The van der Waals surface area contributed by atoms with Crippen LogP contribution in [0.15, 0.2) is 17.7 Å². The lowest BCUT2D eigenvalue weighted by Crippen LogP contribution is -2.15. The highest BCUT2D eigenvalue weighted by Crippen LogP contribution is 2.37. The molecule has 1 aromatic rings. The van der Waals surface area contributed by atoms with Gasteiger partial charge in [0.2, 0.25) is 0 Å². The van der Waals surface area contributed by atoms with Crippen molar-refractivity contribution in [3.8, 4) is 17.6 Å². The molecule has 0 radical (unpaired) electrons. The number of hydrogen-bond donors (Lipinski definition) is 1. The molecule has 0 atom stereocenters. The number of nitriles is 1. The number of nitrogens with two attached hydrogens (primary N) is 1. The van der Waals surface area contributed by atoms with Gasteiger partial charge >= 0.3 is 5.97 Å². The largest absolute Gasteiger partial charge is 0.493 e. The van der Waals surface area contributed by atoms with Gasteiger partial charge in [-0.1, -0.05) is 23.8 Å². The Bertz CT molecular complexity index is 683. The van der Waals surface area contributed by atoms with Gasteiger partial charge in [0, 0.05) is 0 Å². The van der Waals surface area contributed by atoms with Crippen LogP contribution < -0.4 is 15.2 Å². The molecule has 0 unspecified atom stereocenters. The van der Waals surface area contributed by atoms with Crippen molar-refractivity contribution in [1.82, 2.24) is 0 Å². The average Bonchev–Trinajstić information content (AvgIpc) is 2.50. The van der Waals surface area contributed by atoms with Gasteiger partial charge in [-0.3, -0.25) is 0 Å². The molecule has 0 bridgehead atoms. The maximum atomic E-state index is 11.3. The Kier molecular flexibility index (Phi) is 7.32. The summed E-state index contributed by atoms with van der Waals surface area (Å²) in [4.78, 5) is 11.3. The highest BCUT2D eigenvalue weighted by molar-refractivity contribution is 7.80. The fourth-order valence-electron chi connectivity index (χ4n) is 1.62. The number of rotatable bonds is 7. The van der Waals surface area contributed by atoms with E-state index in [1.165, 1.54) is 13.2 Å². The molecule has 0 saturated carbocycles. The lowest BCUT2D eigenvalue weighted by Gasteiger charge is -2.13. The third-order valence-corrected chi connectivity index (χ3v) is 3.09. The van der Waals surface area contributed by atoms with E-state index >= 15 is 0 Å². The van der Waals surface area contributed by atoms with Crippen molar-refractivity contribution in [2.45, 2.75) is 6.92 Å². The first-order chi connectivity index (χ1) is 10.9. The van der Waals surface area contributed by atoms with E-state index < -0.39 is 5.97 Å². The molecule has 8 heteroatoms. The molecule has 0 fully saturated rings. The first-order valence-corrected chi connectivity index (χ1v) is 7.29. The highest BCUT2D eigenvalue weighted by Gasteiger charge is 2.14. The second kappa shape index (κ2) is 8.98. The molecule has 2 N–H and O–H groups in total. The zero-order chi connectivity index (χ0) is 17.4. The second-order valence-corrected chi connectivity index (χ2v) is 5.01. The first kappa shape index (κ1) is 18.7. The number of benzene rings is 1. The van der Waals surface area contributed by atoms with E-state index in [1.54, 1.807) is 19.1 Å². The molecular formula is C15H15ClN2O4S. The van der Waals surface area contributed by atoms with Crippen LogP contribution in [0.4, 0.5) is 0 Å². The van der Waals surface area contributed by atoms with Crippen molar-refractivity contribution in [3.05, 3.63) is 28.3 Å². The Morgan fingerprint density at radius 2 is 2.22 bits per heavy atom. The third kappa shape index (κ3) is 5.43. The van der Waals surface area contributed by atoms with Crippen LogP contribution in [0, 0.1) is 11.3 Å². The van der Waals surface area contributed by atoms with Crippen LogP contribution >= 0.6 is 23.8 Å². The molecule has 0 spiro atoms. The molecular weight excluding hydrogens is 340 g/mol. The van der Waals surface area contributed by atoms with E-state index in [1.807, 2.05) is 6.07 Å². The van der Waals surface area contributed by atoms with Crippen LogP contribution in [0.2, 0.25) is 5.02 Å². The van der Waals surface area contributed by atoms with Crippen molar-refractivity contribution in [3.63, 3.8) is 0 Å². The van der Waals surface area contributed by atoms with E-state index in [0.29, 0.717) is 11.3 Å². The predicted octanol–water partition coefficient (Wildman–Crippen LogP) is 2.48. The standard InChI is InChI=1S/C15H15ClN2O4S/c1-3-21-13(19)8-22-14-11(16)5-9(6-12(14)20-2)4-10(7-17)15(18)23/h4-6H,3,8H2,1-2H3,(H2,18,23)/b10-4-. The lowest BCUT2D eigenvalue weighted by molar-refractivity contribution is -0.145. The SMILES string of the molecule is CCOC(=O)COc1c(Cl)cc(/C=C(/C#N)C(N)=S)cc1OC. The molecule has 122 valence electrons. The molecule has 0 heterocycles. The summed E-state index contributed by atoms with van der Waals surface area (Å²) in [5, 5.41) is 9.19. The van der Waals surface area contributed by atoms with Gasteiger partial charge in [-0.15, -0.1) is 0 Å². The maximum absolute atomic E-state index is 11.3. The molecule has 0 saturated heterocycles. The quantitative estimate of drug-likeness (QED) is 0.348. The Hall–Kier alpha value is -2.30. The van der Waals surface area contributed by atoms with Crippen LogP contribution in [0.3, 0.4) is 0 Å². The smallest absolute Gasteiger partial charge is 0.344 e. The number of esters is 1. The van der Waals surface area contributed by atoms with E-state index in [0.717, 1.165) is 0 Å². The molecule has 1 aromatic carbocycles. The molecule has 23 heavy (non-hydrogen) atoms. The van der Waals surface area contributed by atoms with Crippen LogP contribution in [-0.4, -0.2) is 31.3 Å². The molecule has 0 aliphatic heterocycles. The molecule has 0 aromatic heterocycles. The fourth-order valence-corrected chi connectivity index (χ4v) is 2.00. The lowest BCUT2D eigenvalue weighted by atomic mass is 10.1. The van der Waals surface area contributed by atoms with Crippen LogP contribution in [0.25, 0.3) is 6.08 Å². The average molecular weight is 355 g/mol. The number of methoxy groups -OCH3 is 1. The van der Waals surface area contributed by atoms with E-state index in [4.69, 9.17) is 49.0 Å². The molecule has 0 amide bonds. The summed E-state index contributed by atoms with van der Waals surface area (Å²) in [5.74, 6) is -0.0173. The van der Waals surface area contributed by atoms with Crippen LogP contribution in [-0.2, 0) is 9.53 Å². The molecule has 0 aliphatic carbocycles. The Morgan fingerprint density at radius 1 is 1.52 bits per heavy atom. The minimum absolute atomic E-state index is 0.0229. The number of ether oxygens (including phenoxy) is 3. The molecule has 1 rings (SSSR count). The van der Waals surface area contributed by atoms with Crippen molar-refractivity contribution in [1.29, 1.82) is 5.26 Å². The molecule has 6 nitrogen and oxygen atoms in total. The molecule has 0 aliphatic rings. The maximum Gasteiger partial charge on any atom is 0.344 e. The van der Waals surface area contributed by atoms with E-state index in [9.17, 15) is 4.79 Å².